The normalized spacial score (nSPS) is 11.9. The Morgan fingerprint density at radius 2 is 1.60 bits per heavy atom. The molecule has 0 aliphatic carbocycles. The van der Waals surface area contributed by atoms with Crippen LogP contribution in [0.2, 0.25) is 0 Å². The van der Waals surface area contributed by atoms with Gasteiger partial charge in [-0.2, -0.15) is 0 Å². The predicted octanol–water partition coefficient (Wildman–Crippen LogP) is 4.87. The number of allylic oxidation sites excluding steroid dienone is 1. The third kappa shape index (κ3) is 4.33. The second-order valence-corrected chi connectivity index (χ2v) is 4.85. The van der Waals surface area contributed by atoms with E-state index in [4.69, 9.17) is 0 Å². The summed E-state index contributed by atoms with van der Waals surface area (Å²) in [6.45, 7) is 8.94. The van der Waals surface area contributed by atoms with Crippen molar-refractivity contribution in [2.24, 2.45) is 5.92 Å². The number of rotatable bonds is 4. The molecule has 0 nitrogen and oxygen atoms in total. The summed E-state index contributed by atoms with van der Waals surface area (Å²) in [5, 5.41) is 0. The first-order valence-corrected chi connectivity index (χ1v) is 5.86. The molecule has 0 heteroatoms. The van der Waals surface area contributed by atoms with Crippen molar-refractivity contribution >= 4 is 6.08 Å². The van der Waals surface area contributed by atoms with E-state index in [9.17, 15) is 0 Å². The van der Waals surface area contributed by atoms with Gasteiger partial charge in [-0.3, -0.25) is 0 Å². The lowest BCUT2D eigenvalue weighted by Crippen LogP contribution is -1.86. The summed E-state index contributed by atoms with van der Waals surface area (Å²) in [7, 11) is 0. The minimum absolute atomic E-state index is 0.624. The topological polar surface area (TPSA) is 0 Å². The van der Waals surface area contributed by atoms with Gasteiger partial charge in [0.05, 0.1) is 0 Å². The molecule has 0 aliphatic heterocycles. The standard InChI is InChI=1S/C15H22/c1-12(2)6-5-7-14-8-10-15(11-9-14)13(3)4/h5,7-13H,6H2,1-4H3. The molecule has 1 rings (SSSR count). The molecule has 0 amide bonds. The van der Waals surface area contributed by atoms with Crippen LogP contribution in [0.1, 0.15) is 51.2 Å². The fourth-order valence-corrected chi connectivity index (χ4v) is 1.47. The van der Waals surface area contributed by atoms with E-state index in [1.165, 1.54) is 11.1 Å². The second-order valence-electron chi connectivity index (χ2n) is 4.85. The van der Waals surface area contributed by atoms with Crippen LogP contribution in [-0.4, -0.2) is 0 Å². The van der Waals surface area contributed by atoms with E-state index in [1.54, 1.807) is 0 Å². The van der Waals surface area contributed by atoms with Gasteiger partial charge in [0.1, 0.15) is 0 Å². The van der Waals surface area contributed by atoms with Gasteiger partial charge in [0.2, 0.25) is 0 Å². The smallest absolute Gasteiger partial charge is 0.0219 e. The lowest BCUT2D eigenvalue weighted by molar-refractivity contribution is 0.665. The monoisotopic (exact) mass is 202 g/mol. The maximum Gasteiger partial charge on any atom is -0.0219 e. The second kappa shape index (κ2) is 5.75. The molecule has 0 radical (unpaired) electrons. The van der Waals surface area contributed by atoms with Crippen LogP contribution in [0.5, 0.6) is 0 Å². The highest BCUT2D eigenvalue weighted by atomic mass is 14.0. The van der Waals surface area contributed by atoms with Crippen LogP contribution in [0.3, 0.4) is 0 Å². The molecule has 0 N–H and O–H groups in total. The maximum absolute atomic E-state index is 2.26. The molecular formula is C15H22. The van der Waals surface area contributed by atoms with Crippen LogP contribution in [0.15, 0.2) is 30.3 Å². The minimum atomic E-state index is 0.624. The van der Waals surface area contributed by atoms with Gasteiger partial charge in [0.25, 0.3) is 0 Å². The van der Waals surface area contributed by atoms with Crippen molar-refractivity contribution in [3.8, 4) is 0 Å². The average Bonchev–Trinajstić information content (AvgIpc) is 2.18. The summed E-state index contributed by atoms with van der Waals surface area (Å²) in [5.74, 6) is 1.37. The summed E-state index contributed by atoms with van der Waals surface area (Å²) in [6, 6.07) is 8.84. The zero-order valence-corrected chi connectivity index (χ0v) is 10.3. The molecule has 1 aromatic rings. The van der Waals surface area contributed by atoms with E-state index >= 15 is 0 Å². The maximum atomic E-state index is 2.26. The number of hydrogen-bond donors (Lipinski definition) is 0. The summed E-state index contributed by atoms with van der Waals surface area (Å²) < 4.78 is 0. The summed E-state index contributed by atoms with van der Waals surface area (Å²) >= 11 is 0. The van der Waals surface area contributed by atoms with Gasteiger partial charge in [-0.25, -0.2) is 0 Å². The third-order valence-electron chi connectivity index (χ3n) is 2.52. The highest BCUT2D eigenvalue weighted by Gasteiger charge is 1.96. The Morgan fingerprint density at radius 3 is 2.07 bits per heavy atom. The van der Waals surface area contributed by atoms with Crippen LogP contribution in [-0.2, 0) is 0 Å². The summed E-state index contributed by atoms with van der Waals surface area (Å²) in [5.41, 5.74) is 2.72. The fraction of sp³-hybridized carbons (Fsp3) is 0.467. The van der Waals surface area contributed by atoms with Crippen LogP contribution in [0.4, 0.5) is 0 Å². The van der Waals surface area contributed by atoms with Crippen molar-refractivity contribution in [1.29, 1.82) is 0 Å². The Kier molecular flexibility index (Phi) is 4.61. The van der Waals surface area contributed by atoms with E-state index in [-0.39, 0.29) is 0 Å². The third-order valence-corrected chi connectivity index (χ3v) is 2.52. The molecule has 0 bridgehead atoms. The molecule has 0 saturated heterocycles. The van der Waals surface area contributed by atoms with Crippen LogP contribution in [0, 0.1) is 5.92 Å². The van der Waals surface area contributed by atoms with Gasteiger partial charge in [-0.15, -0.1) is 0 Å². The van der Waals surface area contributed by atoms with Crippen LogP contribution in [0.25, 0.3) is 6.08 Å². The van der Waals surface area contributed by atoms with E-state index < -0.39 is 0 Å². The van der Waals surface area contributed by atoms with Gasteiger partial charge < -0.3 is 0 Å². The van der Waals surface area contributed by atoms with Gasteiger partial charge >= 0.3 is 0 Å². The van der Waals surface area contributed by atoms with Gasteiger partial charge in [0.15, 0.2) is 0 Å². The van der Waals surface area contributed by atoms with E-state index in [0.29, 0.717) is 5.92 Å². The van der Waals surface area contributed by atoms with Crippen molar-refractivity contribution < 1.29 is 0 Å². The van der Waals surface area contributed by atoms with Crippen molar-refractivity contribution in [3.05, 3.63) is 41.5 Å². The zero-order valence-electron chi connectivity index (χ0n) is 10.3. The van der Waals surface area contributed by atoms with Crippen LogP contribution >= 0.6 is 0 Å². The predicted molar refractivity (Wildman–Crippen MR) is 69.0 cm³/mol. The average molecular weight is 202 g/mol. The van der Waals surface area contributed by atoms with Crippen molar-refractivity contribution in [2.75, 3.05) is 0 Å². The minimum Gasteiger partial charge on any atom is -0.0837 e. The Hall–Kier alpha value is -1.04. The van der Waals surface area contributed by atoms with Gasteiger partial charge in [-0.1, -0.05) is 64.1 Å². The summed E-state index contributed by atoms with van der Waals surface area (Å²) in [4.78, 5) is 0. The molecule has 0 aromatic heterocycles. The highest BCUT2D eigenvalue weighted by Crippen LogP contribution is 2.15. The summed E-state index contributed by atoms with van der Waals surface area (Å²) in [6.07, 6.45) is 5.63. The molecule has 1 aromatic carbocycles. The quantitative estimate of drug-likeness (QED) is 0.653. The number of benzene rings is 1. The van der Waals surface area contributed by atoms with Gasteiger partial charge in [0, 0.05) is 0 Å². The highest BCUT2D eigenvalue weighted by molar-refractivity contribution is 5.49. The first kappa shape index (κ1) is 12.0. The van der Waals surface area contributed by atoms with Crippen LogP contribution < -0.4 is 0 Å². The molecule has 0 saturated carbocycles. The molecule has 0 unspecified atom stereocenters. The largest absolute Gasteiger partial charge is 0.0837 e. The Labute approximate surface area is 94.0 Å². The molecule has 0 spiro atoms. The SMILES string of the molecule is CC(C)CC=Cc1ccc(C(C)C)cc1. The van der Waals surface area contributed by atoms with Crippen molar-refractivity contribution in [2.45, 2.75) is 40.0 Å². The lowest BCUT2D eigenvalue weighted by Gasteiger charge is -2.04. The molecule has 82 valence electrons. The first-order valence-electron chi connectivity index (χ1n) is 5.86. The van der Waals surface area contributed by atoms with Gasteiger partial charge in [-0.05, 0) is 29.4 Å². The first-order chi connectivity index (χ1) is 7.09. The van der Waals surface area contributed by atoms with E-state index in [1.807, 2.05) is 0 Å². The Bertz CT molecular complexity index is 301. The molecular weight excluding hydrogens is 180 g/mol. The number of hydrogen-bond acceptors (Lipinski definition) is 0. The van der Waals surface area contributed by atoms with E-state index in [2.05, 4.69) is 64.1 Å². The van der Waals surface area contributed by atoms with Crippen molar-refractivity contribution in [1.82, 2.24) is 0 Å². The van der Waals surface area contributed by atoms with E-state index in [0.717, 1.165) is 12.3 Å². The van der Waals surface area contributed by atoms with Crippen molar-refractivity contribution in [3.63, 3.8) is 0 Å². The Balaban J connectivity index is 2.60. The zero-order chi connectivity index (χ0) is 11.3. The molecule has 0 heterocycles. The molecule has 0 aliphatic rings. The molecule has 15 heavy (non-hydrogen) atoms. The molecule has 0 fully saturated rings. The fourth-order valence-electron chi connectivity index (χ4n) is 1.47. The Morgan fingerprint density at radius 1 is 1.00 bits per heavy atom. The lowest BCUT2D eigenvalue weighted by atomic mass is 10.0. The molecule has 0 atom stereocenters.